The van der Waals surface area contributed by atoms with Crippen LogP contribution in [0.3, 0.4) is 0 Å². The van der Waals surface area contributed by atoms with Crippen molar-refractivity contribution < 1.29 is 9.53 Å². The second kappa shape index (κ2) is 4.88. The van der Waals surface area contributed by atoms with Crippen LogP contribution in [0.15, 0.2) is 39.2 Å². The van der Waals surface area contributed by atoms with E-state index in [0.29, 0.717) is 5.02 Å². The lowest BCUT2D eigenvalue weighted by molar-refractivity contribution is -0.136. The summed E-state index contributed by atoms with van der Waals surface area (Å²) in [7, 11) is 0. The Hall–Kier alpha value is -0.350. The molecule has 0 saturated carbocycles. The lowest BCUT2D eigenvalue weighted by atomic mass is 10.4. The zero-order chi connectivity index (χ0) is 11.7. The number of halogens is 3. The van der Waals surface area contributed by atoms with Gasteiger partial charge in [-0.3, -0.25) is 0 Å². The van der Waals surface area contributed by atoms with Crippen molar-refractivity contribution in [3.63, 3.8) is 0 Å². The molecule has 1 aromatic carbocycles. The standard InChI is InChI=1S/C10H5Cl3O2S/c11-5-1-3-6(4-2-5)16-10-8(13)7(12)9(14)15-10/h1-4,10H. The second-order valence-corrected chi connectivity index (χ2v) is 5.33. The maximum atomic E-state index is 11.1. The number of esters is 1. The highest BCUT2D eigenvalue weighted by Gasteiger charge is 2.32. The van der Waals surface area contributed by atoms with E-state index < -0.39 is 11.4 Å². The van der Waals surface area contributed by atoms with Gasteiger partial charge in [-0.2, -0.15) is 0 Å². The Morgan fingerprint density at radius 1 is 1.12 bits per heavy atom. The normalized spacial score (nSPS) is 20.2. The van der Waals surface area contributed by atoms with Gasteiger partial charge in [0.1, 0.15) is 5.03 Å². The number of benzene rings is 1. The van der Waals surface area contributed by atoms with E-state index in [-0.39, 0.29) is 10.1 Å². The Morgan fingerprint density at radius 2 is 1.75 bits per heavy atom. The molecule has 0 amide bonds. The van der Waals surface area contributed by atoms with E-state index in [4.69, 9.17) is 39.5 Å². The zero-order valence-corrected chi connectivity index (χ0v) is 10.8. The fraction of sp³-hybridized carbons (Fsp3) is 0.100. The maximum absolute atomic E-state index is 11.1. The van der Waals surface area contributed by atoms with Crippen molar-refractivity contribution in [3.05, 3.63) is 39.4 Å². The van der Waals surface area contributed by atoms with Gasteiger partial charge in [0.05, 0.1) is 5.03 Å². The van der Waals surface area contributed by atoms with E-state index >= 15 is 0 Å². The molecule has 84 valence electrons. The van der Waals surface area contributed by atoms with E-state index in [9.17, 15) is 4.79 Å². The minimum atomic E-state index is -0.585. The number of carbonyl (C=O) groups is 1. The van der Waals surface area contributed by atoms with Crippen LogP contribution >= 0.6 is 46.6 Å². The largest absolute Gasteiger partial charge is 0.441 e. The van der Waals surface area contributed by atoms with E-state index in [1.165, 1.54) is 11.8 Å². The molecular weight excluding hydrogens is 291 g/mol. The van der Waals surface area contributed by atoms with Gasteiger partial charge in [0.15, 0.2) is 5.44 Å². The Labute approximate surface area is 112 Å². The smallest absolute Gasteiger partial charge is 0.352 e. The second-order valence-electron chi connectivity index (χ2n) is 2.97. The molecule has 0 radical (unpaired) electrons. The van der Waals surface area contributed by atoms with Crippen molar-refractivity contribution in [1.82, 2.24) is 0 Å². The molecule has 2 nitrogen and oxygen atoms in total. The summed E-state index contributed by atoms with van der Waals surface area (Å²) in [6, 6.07) is 7.13. The highest BCUT2D eigenvalue weighted by molar-refractivity contribution is 8.00. The van der Waals surface area contributed by atoms with Crippen molar-refractivity contribution in [2.45, 2.75) is 10.3 Å². The summed E-state index contributed by atoms with van der Waals surface area (Å²) in [5.41, 5.74) is -0.567. The summed E-state index contributed by atoms with van der Waals surface area (Å²) >= 11 is 18.5. The van der Waals surface area contributed by atoms with E-state index in [1.807, 2.05) is 12.1 Å². The number of cyclic esters (lactones) is 1. The minimum Gasteiger partial charge on any atom is -0.441 e. The van der Waals surface area contributed by atoms with Crippen LogP contribution in [0.2, 0.25) is 5.02 Å². The molecule has 1 aliphatic rings. The van der Waals surface area contributed by atoms with Crippen molar-refractivity contribution in [3.8, 4) is 0 Å². The summed E-state index contributed by atoms with van der Waals surface area (Å²) in [6.45, 7) is 0. The average Bonchev–Trinajstić information content (AvgIpc) is 2.50. The van der Waals surface area contributed by atoms with Gasteiger partial charge in [0, 0.05) is 9.92 Å². The van der Waals surface area contributed by atoms with Gasteiger partial charge in [-0.05, 0) is 24.3 Å². The molecule has 1 aliphatic heterocycles. The van der Waals surface area contributed by atoms with Crippen molar-refractivity contribution >= 4 is 52.5 Å². The number of hydrogen-bond donors (Lipinski definition) is 0. The lowest BCUT2D eigenvalue weighted by Crippen LogP contribution is -2.04. The SMILES string of the molecule is O=C1OC(Sc2ccc(Cl)cc2)C(Cl)=C1Cl. The third kappa shape index (κ3) is 2.48. The van der Waals surface area contributed by atoms with Gasteiger partial charge in [-0.15, -0.1) is 0 Å². The van der Waals surface area contributed by atoms with Crippen LogP contribution in [0, 0.1) is 0 Å². The third-order valence-electron chi connectivity index (χ3n) is 1.87. The molecule has 0 aliphatic carbocycles. The van der Waals surface area contributed by atoms with Crippen LogP contribution in [-0.2, 0) is 9.53 Å². The Balaban J connectivity index is 2.12. The summed E-state index contributed by atoms with van der Waals surface area (Å²) in [4.78, 5) is 12.0. The summed E-state index contributed by atoms with van der Waals surface area (Å²) < 4.78 is 4.97. The fourth-order valence-electron chi connectivity index (χ4n) is 1.11. The first-order chi connectivity index (χ1) is 7.58. The predicted molar refractivity (Wildman–Crippen MR) is 65.9 cm³/mol. The van der Waals surface area contributed by atoms with Crippen LogP contribution in [0.5, 0.6) is 0 Å². The first-order valence-electron chi connectivity index (χ1n) is 4.26. The summed E-state index contributed by atoms with van der Waals surface area (Å²) in [6.07, 6.45) is 0. The highest BCUT2D eigenvalue weighted by atomic mass is 35.5. The Bertz CT molecular complexity index is 456. The molecular formula is C10H5Cl3O2S. The summed E-state index contributed by atoms with van der Waals surface area (Å²) in [5, 5.41) is 0.826. The highest BCUT2D eigenvalue weighted by Crippen LogP contribution is 2.38. The van der Waals surface area contributed by atoms with Gasteiger partial charge < -0.3 is 4.74 Å². The lowest BCUT2D eigenvalue weighted by Gasteiger charge is -2.09. The molecule has 6 heteroatoms. The maximum Gasteiger partial charge on any atom is 0.352 e. The van der Waals surface area contributed by atoms with Crippen LogP contribution in [-0.4, -0.2) is 11.4 Å². The molecule has 16 heavy (non-hydrogen) atoms. The summed E-state index contributed by atoms with van der Waals surface area (Å²) in [5.74, 6) is -0.585. The zero-order valence-electron chi connectivity index (χ0n) is 7.75. The van der Waals surface area contributed by atoms with Crippen LogP contribution in [0.4, 0.5) is 0 Å². The van der Waals surface area contributed by atoms with Gasteiger partial charge >= 0.3 is 5.97 Å². The molecule has 1 unspecified atom stereocenters. The third-order valence-corrected chi connectivity index (χ3v) is 4.18. The Kier molecular flexibility index (Phi) is 3.70. The average molecular weight is 296 g/mol. The fourth-order valence-corrected chi connectivity index (χ4v) is 2.60. The van der Waals surface area contributed by atoms with Gasteiger partial charge in [0.2, 0.25) is 0 Å². The number of hydrogen-bond acceptors (Lipinski definition) is 3. The molecule has 1 heterocycles. The molecule has 0 aromatic heterocycles. The number of thioether (sulfide) groups is 1. The molecule has 1 atom stereocenters. The van der Waals surface area contributed by atoms with Crippen LogP contribution in [0.25, 0.3) is 0 Å². The molecule has 0 N–H and O–H groups in total. The number of carbonyl (C=O) groups excluding carboxylic acids is 1. The van der Waals surface area contributed by atoms with E-state index in [0.717, 1.165) is 4.90 Å². The first-order valence-corrected chi connectivity index (χ1v) is 6.27. The molecule has 2 rings (SSSR count). The van der Waals surface area contributed by atoms with E-state index in [1.54, 1.807) is 12.1 Å². The first kappa shape index (κ1) is 12.1. The van der Waals surface area contributed by atoms with E-state index in [2.05, 4.69) is 0 Å². The van der Waals surface area contributed by atoms with Gasteiger partial charge in [-0.1, -0.05) is 46.6 Å². The molecule has 1 aromatic rings. The van der Waals surface area contributed by atoms with Crippen LogP contribution < -0.4 is 0 Å². The van der Waals surface area contributed by atoms with Crippen molar-refractivity contribution in [2.24, 2.45) is 0 Å². The van der Waals surface area contributed by atoms with Gasteiger partial charge in [0.25, 0.3) is 0 Å². The molecule has 0 spiro atoms. The monoisotopic (exact) mass is 294 g/mol. The number of ether oxygens (including phenoxy) is 1. The predicted octanol–water partition coefficient (Wildman–Crippen LogP) is 4.00. The van der Waals surface area contributed by atoms with Crippen LogP contribution in [0.1, 0.15) is 0 Å². The quantitative estimate of drug-likeness (QED) is 0.771. The van der Waals surface area contributed by atoms with Crippen molar-refractivity contribution in [2.75, 3.05) is 0 Å². The minimum absolute atomic E-state index is 0.0480. The van der Waals surface area contributed by atoms with Crippen molar-refractivity contribution in [1.29, 1.82) is 0 Å². The molecule has 0 saturated heterocycles. The topological polar surface area (TPSA) is 26.3 Å². The number of rotatable bonds is 2. The molecule has 0 fully saturated rings. The Morgan fingerprint density at radius 3 is 2.25 bits per heavy atom. The molecule has 0 bridgehead atoms. The van der Waals surface area contributed by atoms with Gasteiger partial charge in [-0.25, -0.2) is 4.79 Å².